The van der Waals surface area contributed by atoms with Crippen LogP contribution in [0.3, 0.4) is 0 Å². The van der Waals surface area contributed by atoms with Crippen LogP contribution in [0.1, 0.15) is 35.0 Å². The van der Waals surface area contributed by atoms with Crippen LogP contribution in [0.2, 0.25) is 0 Å². The number of benzene rings is 2. The van der Waals surface area contributed by atoms with Gasteiger partial charge in [0.1, 0.15) is 23.0 Å². The van der Waals surface area contributed by atoms with Crippen LogP contribution in [0.5, 0.6) is 0 Å². The summed E-state index contributed by atoms with van der Waals surface area (Å²) in [6.45, 7) is 0.611. The minimum Gasteiger partial charge on any atom is -0.339 e. The zero-order valence-electron chi connectivity index (χ0n) is 14.7. The van der Waals surface area contributed by atoms with Gasteiger partial charge >= 0.3 is 0 Å². The SMILES string of the molecule is O=C(c1c(F)cccc1F)N1CCC[C@H](c2nc(-c3ccc(F)cc3)no2)C1. The number of amides is 1. The van der Waals surface area contributed by atoms with E-state index in [-0.39, 0.29) is 18.3 Å². The number of carbonyl (C=O) groups is 1. The van der Waals surface area contributed by atoms with E-state index in [0.29, 0.717) is 36.7 Å². The van der Waals surface area contributed by atoms with Gasteiger partial charge in [-0.1, -0.05) is 11.2 Å². The van der Waals surface area contributed by atoms with E-state index in [4.69, 9.17) is 4.52 Å². The lowest BCUT2D eigenvalue weighted by Gasteiger charge is -2.31. The second-order valence-corrected chi connectivity index (χ2v) is 6.65. The van der Waals surface area contributed by atoms with Gasteiger partial charge in [0, 0.05) is 18.7 Å². The van der Waals surface area contributed by atoms with Crippen molar-refractivity contribution in [3.63, 3.8) is 0 Å². The summed E-state index contributed by atoms with van der Waals surface area (Å²) in [5, 5.41) is 3.92. The molecule has 8 heteroatoms. The summed E-state index contributed by atoms with van der Waals surface area (Å²) in [7, 11) is 0. The lowest BCUT2D eigenvalue weighted by atomic mass is 9.97. The molecule has 1 aliphatic rings. The normalized spacial score (nSPS) is 17.0. The smallest absolute Gasteiger partial charge is 0.259 e. The predicted octanol–water partition coefficient (Wildman–Crippen LogP) is 4.17. The molecule has 2 heterocycles. The third kappa shape index (κ3) is 3.49. The standard InChI is InChI=1S/C20H16F3N3O2/c21-14-8-6-12(7-9-14)18-24-19(28-25-18)13-3-2-10-26(11-13)20(27)17-15(22)4-1-5-16(17)23/h1,4-9,13H,2-3,10-11H2/t13-/m0/s1. The molecule has 1 atom stereocenters. The van der Waals surface area contributed by atoms with E-state index in [1.54, 1.807) is 12.1 Å². The summed E-state index contributed by atoms with van der Waals surface area (Å²) >= 11 is 0. The first-order chi connectivity index (χ1) is 13.5. The maximum absolute atomic E-state index is 13.9. The zero-order valence-corrected chi connectivity index (χ0v) is 14.7. The number of nitrogens with zero attached hydrogens (tertiary/aromatic N) is 3. The molecule has 1 fully saturated rings. The number of aromatic nitrogens is 2. The summed E-state index contributed by atoms with van der Waals surface area (Å²) in [6, 6.07) is 9.03. The summed E-state index contributed by atoms with van der Waals surface area (Å²) in [5.74, 6) is -2.42. The summed E-state index contributed by atoms with van der Waals surface area (Å²) in [4.78, 5) is 18.4. The van der Waals surface area contributed by atoms with Gasteiger partial charge in [0.2, 0.25) is 11.7 Å². The van der Waals surface area contributed by atoms with Crippen molar-refractivity contribution in [1.82, 2.24) is 15.0 Å². The molecule has 4 rings (SSSR count). The molecule has 1 amide bonds. The third-order valence-corrected chi connectivity index (χ3v) is 4.78. The highest BCUT2D eigenvalue weighted by Crippen LogP contribution is 2.29. The number of rotatable bonds is 3. The molecule has 3 aromatic rings. The molecule has 28 heavy (non-hydrogen) atoms. The van der Waals surface area contributed by atoms with Gasteiger partial charge in [-0.25, -0.2) is 13.2 Å². The molecule has 0 aliphatic carbocycles. The number of hydrogen-bond donors (Lipinski definition) is 0. The first kappa shape index (κ1) is 18.2. The van der Waals surface area contributed by atoms with Crippen molar-refractivity contribution in [3.8, 4) is 11.4 Å². The molecule has 0 saturated carbocycles. The van der Waals surface area contributed by atoms with Crippen LogP contribution in [0, 0.1) is 17.5 Å². The van der Waals surface area contributed by atoms with Crippen LogP contribution >= 0.6 is 0 Å². The molecule has 144 valence electrons. The lowest BCUT2D eigenvalue weighted by molar-refractivity contribution is 0.0686. The number of carbonyl (C=O) groups excluding carboxylic acids is 1. The monoisotopic (exact) mass is 387 g/mol. The second kappa shape index (κ2) is 7.46. The number of halogens is 3. The Labute approximate surface area is 158 Å². The van der Waals surface area contributed by atoms with Crippen molar-refractivity contribution < 1.29 is 22.5 Å². The van der Waals surface area contributed by atoms with E-state index < -0.39 is 23.1 Å². The van der Waals surface area contributed by atoms with Gasteiger partial charge in [-0.15, -0.1) is 0 Å². The molecule has 0 unspecified atom stereocenters. The Balaban J connectivity index is 1.53. The molecule has 0 radical (unpaired) electrons. The topological polar surface area (TPSA) is 59.2 Å². The number of hydrogen-bond acceptors (Lipinski definition) is 4. The molecule has 1 aliphatic heterocycles. The average Bonchev–Trinajstić information content (AvgIpc) is 3.19. The van der Waals surface area contributed by atoms with Gasteiger partial charge in [-0.3, -0.25) is 4.79 Å². The lowest BCUT2D eigenvalue weighted by Crippen LogP contribution is -2.40. The highest BCUT2D eigenvalue weighted by Gasteiger charge is 2.31. The fourth-order valence-corrected chi connectivity index (χ4v) is 3.34. The van der Waals surface area contributed by atoms with Crippen molar-refractivity contribution in [2.75, 3.05) is 13.1 Å². The Morgan fingerprint density at radius 3 is 2.50 bits per heavy atom. The van der Waals surface area contributed by atoms with E-state index in [1.165, 1.54) is 23.1 Å². The first-order valence-electron chi connectivity index (χ1n) is 8.86. The maximum atomic E-state index is 13.9. The van der Waals surface area contributed by atoms with E-state index in [0.717, 1.165) is 12.1 Å². The van der Waals surface area contributed by atoms with Crippen molar-refractivity contribution in [2.24, 2.45) is 0 Å². The molecule has 0 N–H and O–H groups in total. The van der Waals surface area contributed by atoms with Crippen LogP contribution in [0.15, 0.2) is 47.0 Å². The fraction of sp³-hybridized carbons (Fsp3) is 0.250. The van der Waals surface area contributed by atoms with Gasteiger partial charge in [-0.05, 0) is 49.2 Å². The highest BCUT2D eigenvalue weighted by atomic mass is 19.1. The van der Waals surface area contributed by atoms with Crippen LogP contribution < -0.4 is 0 Å². The van der Waals surface area contributed by atoms with Crippen molar-refractivity contribution in [1.29, 1.82) is 0 Å². The molecule has 0 bridgehead atoms. The van der Waals surface area contributed by atoms with Gasteiger partial charge in [0.05, 0.1) is 5.92 Å². The largest absolute Gasteiger partial charge is 0.339 e. The molecule has 5 nitrogen and oxygen atoms in total. The Bertz CT molecular complexity index is 984. The molecule has 1 aromatic heterocycles. The molecule has 1 saturated heterocycles. The Hall–Kier alpha value is -3.16. The summed E-state index contributed by atoms with van der Waals surface area (Å²) in [5.41, 5.74) is 0.0502. The maximum Gasteiger partial charge on any atom is 0.259 e. The Morgan fingerprint density at radius 2 is 1.79 bits per heavy atom. The zero-order chi connectivity index (χ0) is 19.7. The van der Waals surface area contributed by atoms with E-state index in [2.05, 4.69) is 10.1 Å². The average molecular weight is 387 g/mol. The van der Waals surface area contributed by atoms with Gasteiger partial charge < -0.3 is 9.42 Å². The minimum absolute atomic E-state index is 0.220. The van der Waals surface area contributed by atoms with Crippen molar-refractivity contribution in [3.05, 3.63) is 71.4 Å². The Kier molecular flexibility index (Phi) is 4.85. The van der Waals surface area contributed by atoms with Crippen LogP contribution in [-0.2, 0) is 0 Å². The van der Waals surface area contributed by atoms with Crippen molar-refractivity contribution in [2.45, 2.75) is 18.8 Å². The fourth-order valence-electron chi connectivity index (χ4n) is 3.34. The second-order valence-electron chi connectivity index (χ2n) is 6.65. The van der Waals surface area contributed by atoms with E-state index in [9.17, 15) is 18.0 Å². The molecule has 0 spiro atoms. The van der Waals surface area contributed by atoms with Crippen LogP contribution in [0.25, 0.3) is 11.4 Å². The quantitative estimate of drug-likeness (QED) is 0.677. The Morgan fingerprint density at radius 1 is 1.07 bits per heavy atom. The molecule has 2 aromatic carbocycles. The third-order valence-electron chi connectivity index (χ3n) is 4.78. The summed E-state index contributed by atoms with van der Waals surface area (Å²) < 4.78 is 46.3. The van der Waals surface area contributed by atoms with Gasteiger partial charge in [-0.2, -0.15) is 4.98 Å². The van der Waals surface area contributed by atoms with Gasteiger partial charge in [0.25, 0.3) is 5.91 Å². The molecular formula is C20H16F3N3O2. The highest BCUT2D eigenvalue weighted by molar-refractivity contribution is 5.94. The van der Waals surface area contributed by atoms with Crippen LogP contribution in [0.4, 0.5) is 13.2 Å². The minimum atomic E-state index is -0.886. The first-order valence-corrected chi connectivity index (χ1v) is 8.86. The van der Waals surface area contributed by atoms with E-state index >= 15 is 0 Å². The summed E-state index contributed by atoms with van der Waals surface area (Å²) in [6.07, 6.45) is 1.34. The van der Waals surface area contributed by atoms with E-state index in [1.807, 2.05) is 0 Å². The number of likely N-dealkylation sites (tertiary alicyclic amines) is 1. The van der Waals surface area contributed by atoms with Crippen molar-refractivity contribution >= 4 is 5.91 Å². The molecular weight excluding hydrogens is 371 g/mol. The van der Waals surface area contributed by atoms with Crippen LogP contribution in [-0.4, -0.2) is 34.0 Å². The number of piperidine rings is 1. The predicted molar refractivity (Wildman–Crippen MR) is 93.9 cm³/mol. The van der Waals surface area contributed by atoms with Gasteiger partial charge in [0.15, 0.2) is 0 Å².